The van der Waals surface area contributed by atoms with Crippen molar-refractivity contribution in [3.8, 4) is 17.3 Å². The molecule has 0 saturated carbocycles. The largest absolute Gasteiger partial charge is 0.481 e. The molecule has 2 heterocycles. The highest BCUT2D eigenvalue weighted by molar-refractivity contribution is 14.1. The third-order valence-electron chi connectivity index (χ3n) is 5.08. The number of carbonyl (C=O) groups is 1. The van der Waals surface area contributed by atoms with Gasteiger partial charge in [0.2, 0.25) is 5.82 Å². The Bertz CT molecular complexity index is 1690. The van der Waals surface area contributed by atoms with Crippen molar-refractivity contribution in [2.24, 2.45) is 5.10 Å². The number of rotatable bonds is 6. The Morgan fingerprint density at radius 3 is 2.80 bits per heavy atom. The fourth-order valence-corrected chi connectivity index (χ4v) is 4.57. The second-order valence-corrected chi connectivity index (χ2v) is 9.56. The zero-order chi connectivity index (χ0) is 24.5. The van der Waals surface area contributed by atoms with E-state index in [1.165, 1.54) is 10.9 Å². The van der Waals surface area contributed by atoms with E-state index < -0.39 is 12.6 Å². The molecule has 0 spiro atoms. The Labute approximate surface area is 220 Å². The van der Waals surface area contributed by atoms with Crippen LogP contribution in [0.25, 0.3) is 33.5 Å². The lowest BCUT2D eigenvalue weighted by Gasteiger charge is -2.08. The Kier molecular flexibility index (Phi) is 6.39. The number of hydrogen-bond donors (Lipinski definition) is 1. The molecule has 0 fully saturated rings. The zero-order valence-corrected chi connectivity index (χ0v) is 21.6. The smallest absolute Gasteiger partial charge is 0.341 e. The van der Waals surface area contributed by atoms with Crippen molar-refractivity contribution < 1.29 is 19.1 Å². The number of para-hydroxylation sites is 1. The average molecular weight is 644 g/mol. The molecule has 174 valence electrons. The number of fused-ring (bicyclic) bond motifs is 2. The average Bonchev–Trinajstić information content (AvgIpc) is 3.25. The minimum absolute atomic E-state index is 0.272. The van der Waals surface area contributed by atoms with E-state index in [1.807, 2.05) is 30.3 Å². The summed E-state index contributed by atoms with van der Waals surface area (Å²) in [4.78, 5) is 28.8. The number of benzene rings is 3. The maximum absolute atomic E-state index is 13.4. The standard InChI is InChI=1S/C25H15BrIN3O5/c26-16-6-8-20-15(10-16)11-22(35-20)24-29-19-4-2-1-3-17(19)25(33)30(24)28-12-14-5-7-21(18(27)9-14)34-13-23(31)32/h1-12H,13H2,(H,31,32). The molecule has 0 radical (unpaired) electrons. The Morgan fingerprint density at radius 1 is 1.17 bits per heavy atom. The molecular formula is C25H15BrIN3O5. The summed E-state index contributed by atoms with van der Waals surface area (Å²) in [5.41, 5.74) is 1.55. The highest BCUT2D eigenvalue weighted by Gasteiger charge is 2.16. The molecule has 2 aromatic heterocycles. The van der Waals surface area contributed by atoms with Crippen LogP contribution in [0.15, 0.2) is 85.5 Å². The molecule has 5 rings (SSSR count). The van der Waals surface area contributed by atoms with Gasteiger partial charge in [-0.05, 0) is 82.8 Å². The Balaban J connectivity index is 1.60. The van der Waals surface area contributed by atoms with E-state index in [4.69, 9.17) is 14.3 Å². The first-order chi connectivity index (χ1) is 16.9. The van der Waals surface area contributed by atoms with Crippen LogP contribution in [0, 0.1) is 3.57 Å². The van der Waals surface area contributed by atoms with Crippen molar-refractivity contribution in [2.75, 3.05) is 6.61 Å². The topological polar surface area (TPSA) is 107 Å². The second kappa shape index (κ2) is 9.62. The minimum Gasteiger partial charge on any atom is -0.481 e. The van der Waals surface area contributed by atoms with E-state index >= 15 is 0 Å². The quantitative estimate of drug-likeness (QED) is 0.193. The summed E-state index contributed by atoms with van der Waals surface area (Å²) >= 11 is 5.51. The predicted octanol–water partition coefficient (Wildman–Crippen LogP) is 5.52. The minimum atomic E-state index is -1.06. The first-order valence-corrected chi connectivity index (χ1v) is 12.2. The third-order valence-corrected chi connectivity index (χ3v) is 6.42. The van der Waals surface area contributed by atoms with Crippen LogP contribution < -0.4 is 10.3 Å². The Hall–Kier alpha value is -3.51. The molecule has 0 aliphatic heterocycles. The van der Waals surface area contributed by atoms with Gasteiger partial charge in [-0.15, -0.1) is 0 Å². The summed E-state index contributed by atoms with van der Waals surface area (Å²) in [5.74, 6) is 0.0717. The van der Waals surface area contributed by atoms with Gasteiger partial charge in [0.25, 0.3) is 5.56 Å². The SMILES string of the molecule is O=C(O)COc1ccc(C=Nn2c(-c3cc4cc(Br)ccc4o3)nc3ccccc3c2=O)cc1I. The van der Waals surface area contributed by atoms with Gasteiger partial charge in [0.05, 0.1) is 20.7 Å². The summed E-state index contributed by atoms with van der Waals surface area (Å²) in [5, 5.41) is 14.5. The van der Waals surface area contributed by atoms with Crippen LogP contribution >= 0.6 is 38.5 Å². The Morgan fingerprint density at radius 2 is 2.00 bits per heavy atom. The van der Waals surface area contributed by atoms with E-state index in [-0.39, 0.29) is 11.4 Å². The summed E-state index contributed by atoms with van der Waals surface area (Å²) in [6.45, 7) is -0.432. The van der Waals surface area contributed by atoms with Crippen LogP contribution in [0.1, 0.15) is 5.56 Å². The van der Waals surface area contributed by atoms with Crippen LogP contribution in [-0.2, 0) is 4.79 Å². The molecule has 0 aliphatic carbocycles. The zero-order valence-electron chi connectivity index (χ0n) is 17.8. The van der Waals surface area contributed by atoms with Crippen molar-refractivity contribution in [3.05, 3.63) is 90.7 Å². The molecule has 0 aliphatic rings. The molecule has 3 aromatic carbocycles. The van der Waals surface area contributed by atoms with Crippen LogP contribution in [0.5, 0.6) is 5.75 Å². The molecule has 0 unspecified atom stereocenters. The third kappa shape index (κ3) is 4.84. The number of halogens is 2. The summed E-state index contributed by atoms with van der Waals surface area (Å²) in [6.07, 6.45) is 1.53. The number of carboxylic acids is 1. The van der Waals surface area contributed by atoms with Gasteiger partial charge in [0, 0.05) is 9.86 Å². The fraction of sp³-hybridized carbons (Fsp3) is 0.0400. The molecule has 10 heteroatoms. The number of carboxylic acid groups (broad SMARTS) is 1. The second-order valence-electron chi connectivity index (χ2n) is 7.48. The monoisotopic (exact) mass is 643 g/mol. The number of aliphatic carboxylic acids is 1. The predicted molar refractivity (Wildman–Crippen MR) is 144 cm³/mol. The molecule has 0 saturated heterocycles. The number of nitrogens with zero attached hydrogens (tertiary/aromatic N) is 3. The van der Waals surface area contributed by atoms with Gasteiger partial charge >= 0.3 is 5.97 Å². The first-order valence-electron chi connectivity index (χ1n) is 10.3. The maximum Gasteiger partial charge on any atom is 0.341 e. The molecule has 5 aromatic rings. The van der Waals surface area contributed by atoms with Crippen LogP contribution in [0.2, 0.25) is 0 Å². The van der Waals surface area contributed by atoms with Crippen molar-refractivity contribution in [3.63, 3.8) is 0 Å². The molecule has 0 bridgehead atoms. The van der Waals surface area contributed by atoms with Crippen LogP contribution in [0.4, 0.5) is 0 Å². The normalized spacial score (nSPS) is 11.5. The van der Waals surface area contributed by atoms with Gasteiger partial charge in [-0.1, -0.05) is 28.1 Å². The summed E-state index contributed by atoms with van der Waals surface area (Å²) in [6, 6.07) is 19.7. The molecule has 1 N–H and O–H groups in total. The molecule has 8 nitrogen and oxygen atoms in total. The number of hydrogen-bond acceptors (Lipinski definition) is 6. The van der Waals surface area contributed by atoms with Gasteiger partial charge < -0.3 is 14.3 Å². The van der Waals surface area contributed by atoms with Crippen LogP contribution in [-0.4, -0.2) is 33.6 Å². The van der Waals surface area contributed by atoms with E-state index in [1.54, 1.807) is 36.4 Å². The van der Waals surface area contributed by atoms with Gasteiger partial charge in [-0.2, -0.15) is 9.78 Å². The number of ether oxygens (including phenoxy) is 1. The lowest BCUT2D eigenvalue weighted by Crippen LogP contribution is -2.20. The van der Waals surface area contributed by atoms with Crippen molar-refractivity contribution in [2.45, 2.75) is 0 Å². The summed E-state index contributed by atoms with van der Waals surface area (Å²) in [7, 11) is 0. The van der Waals surface area contributed by atoms with Crippen molar-refractivity contribution in [1.29, 1.82) is 0 Å². The van der Waals surface area contributed by atoms with Crippen LogP contribution in [0.3, 0.4) is 0 Å². The highest BCUT2D eigenvalue weighted by Crippen LogP contribution is 2.29. The van der Waals surface area contributed by atoms with Crippen molar-refractivity contribution >= 4 is 72.6 Å². The lowest BCUT2D eigenvalue weighted by atomic mass is 10.2. The fourth-order valence-electron chi connectivity index (χ4n) is 3.49. The van der Waals surface area contributed by atoms with E-state index in [0.717, 1.165) is 9.86 Å². The van der Waals surface area contributed by atoms with E-state index in [2.05, 4.69) is 48.6 Å². The van der Waals surface area contributed by atoms with Gasteiger partial charge in [0.1, 0.15) is 11.3 Å². The molecule has 35 heavy (non-hydrogen) atoms. The highest BCUT2D eigenvalue weighted by atomic mass is 127. The van der Waals surface area contributed by atoms with Gasteiger partial charge in [0.15, 0.2) is 12.4 Å². The van der Waals surface area contributed by atoms with E-state index in [9.17, 15) is 9.59 Å². The molecule has 0 atom stereocenters. The van der Waals surface area contributed by atoms with Crippen molar-refractivity contribution in [1.82, 2.24) is 9.66 Å². The first kappa shape index (κ1) is 23.2. The number of aromatic nitrogens is 2. The number of furan rings is 1. The summed E-state index contributed by atoms with van der Waals surface area (Å²) < 4.78 is 14.1. The van der Waals surface area contributed by atoms with E-state index in [0.29, 0.717) is 37.1 Å². The maximum atomic E-state index is 13.4. The lowest BCUT2D eigenvalue weighted by molar-refractivity contribution is -0.139. The molecule has 0 amide bonds. The van der Waals surface area contributed by atoms with Gasteiger partial charge in [-0.3, -0.25) is 4.79 Å². The van der Waals surface area contributed by atoms with Gasteiger partial charge in [-0.25, -0.2) is 9.78 Å². The molecular weight excluding hydrogens is 629 g/mol.